The van der Waals surface area contributed by atoms with Crippen molar-refractivity contribution in [3.63, 3.8) is 0 Å². The van der Waals surface area contributed by atoms with E-state index in [9.17, 15) is 18.0 Å². The van der Waals surface area contributed by atoms with Crippen LogP contribution in [-0.4, -0.2) is 90.1 Å². The molecule has 1 aliphatic carbocycles. The number of fused-ring (bicyclic) bond motifs is 2. The number of rotatable bonds is 7. The zero-order chi connectivity index (χ0) is 27.3. The van der Waals surface area contributed by atoms with E-state index in [0.29, 0.717) is 33.9 Å². The molecular formula is C26H31ClN6O4S2. The van der Waals surface area contributed by atoms with Crippen molar-refractivity contribution in [3.8, 4) is 0 Å². The van der Waals surface area contributed by atoms with Gasteiger partial charge in [-0.25, -0.2) is 13.4 Å². The first-order valence-electron chi connectivity index (χ1n) is 13.2. The van der Waals surface area contributed by atoms with E-state index >= 15 is 0 Å². The van der Waals surface area contributed by atoms with Crippen LogP contribution in [0.1, 0.15) is 39.6 Å². The number of benzene rings is 1. The second-order valence-corrected chi connectivity index (χ2v) is 14.0. The Morgan fingerprint density at radius 1 is 1.21 bits per heavy atom. The molecule has 6 rings (SSSR count). The van der Waals surface area contributed by atoms with Gasteiger partial charge in [0.15, 0.2) is 5.01 Å². The van der Waals surface area contributed by atoms with Crippen molar-refractivity contribution in [2.24, 2.45) is 5.92 Å². The van der Waals surface area contributed by atoms with Crippen LogP contribution < -0.4 is 5.32 Å². The lowest BCUT2D eigenvalue weighted by molar-refractivity contribution is -0.122. The monoisotopic (exact) mass is 590 g/mol. The largest absolute Gasteiger partial charge is 0.356 e. The van der Waals surface area contributed by atoms with Gasteiger partial charge in [0.05, 0.1) is 5.69 Å². The lowest BCUT2D eigenvalue weighted by atomic mass is 10.1. The zero-order valence-corrected chi connectivity index (χ0v) is 24.0. The fraction of sp³-hybridized carbons (Fsp3) is 0.500. The van der Waals surface area contributed by atoms with E-state index in [1.165, 1.54) is 15.6 Å². The predicted octanol–water partition coefficient (Wildman–Crippen LogP) is 2.70. The van der Waals surface area contributed by atoms with Crippen molar-refractivity contribution in [1.82, 2.24) is 29.4 Å². The number of aromatic nitrogens is 2. The minimum absolute atomic E-state index is 0.0293. The molecule has 1 aromatic carbocycles. The van der Waals surface area contributed by atoms with Crippen LogP contribution in [0.15, 0.2) is 29.3 Å². The van der Waals surface area contributed by atoms with Crippen LogP contribution in [-0.2, 0) is 27.8 Å². The first-order valence-corrected chi connectivity index (χ1v) is 15.9. The van der Waals surface area contributed by atoms with Crippen molar-refractivity contribution in [3.05, 3.63) is 44.9 Å². The normalized spacial score (nSPS) is 20.8. The summed E-state index contributed by atoms with van der Waals surface area (Å²) in [6.45, 7) is 2.61. The van der Waals surface area contributed by atoms with E-state index in [2.05, 4.69) is 27.2 Å². The number of nitrogens with zero attached hydrogens (tertiary/aromatic N) is 4. The molecule has 3 aromatic rings. The molecule has 4 heterocycles. The third-order valence-corrected chi connectivity index (χ3v) is 10.8. The Hall–Kier alpha value is -2.51. The standard InChI is InChI=1S/C26H31ClN6O4S2/c1-31-9-7-21-22(15-31)38-25(30-21)26(35)33-11-10-32(14-19(33)6-8-28-24(34)16-2-3-16)39(36,37)23-13-17-12-18(27)4-5-20(17)29-23/h4-5,12-13,16,19,29H,2-3,6-11,14-15H2,1H3,(H,28,34). The number of hydrogen-bond acceptors (Lipinski definition) is 7. The molecule has 13 heteroatoms. The molecule has 2 fully saturated rings. The Kier molecular flexibility index (Phi) is 7.17. The lowest BCUT2D eigenvalue weighted by Gasteiger charge is -2.40. The maximum Gasteiger partial charge on any atom is 0.283 e. The molecule has 2 aromatic heterocycles. The number of nitrogens with one attached hydrogen (secondary N) is 2. The number of sulfonamides is 1. The highest BCUT2D eigenvalue weighted by molar-refractivity contribution is 7.89. The number of H-pyrrole nitrogens is 1. The van der Waals surface area contributed by atoms with Gasteiger partial charge < -0.3 is 20.1 Å². The van der Waals surface area contributed by atoms with Crippen LogP contribution >= 0.6 is 22.9 Å². The number of thiazole rings is 1. The van der Waals surface area contributed by atoms with Gasteiger partial charge in [0.2, 0.25) is 5.91 Å². The average molecular weight is 591 g/mol. The van der Waals surface area contributed by atoms with Gasteiger partial charge in [-0.1, -0.05) is 11.6 Å². The first-order chi connectivity index (χ1) is 18.7. The van der Waals surface area contributed by atoms with Gasteiger partial charge in [-0.2, -0.15) is 4.31 Å². The second-order valence-electron chi connectivity index (χ2n) is 10.6. The minimum Gasteiger partial charge on any atom is -0.356 e. The number of hydrogen-bond donors (Lipinski definition) is 2. The number of carbonyl (C=O) groups excluding carboxylic acids is 2. The van der Waals surface area contributed by atoms with E-state index in [-0.39, 0.29) is 42.4 Å². The number of halogens is 1. The Bertz CT molecular complexity index is 1530. The van der Waals surface area contributed by atoms with Gasteiger partial charge >= 0.3 is 0 Å². The SMILES string of the molecule is CN1CCc2nc(C(=O)N3CCN(S(=O)(=O)c4cc5cc(Cl)ccc5[nH]4)CC3CCNC(=O)C3CC3)sc2C1. The highest BCUT2D eigenvalue weighted by Crippen LogP contribution is 2.30. The molecule has 2 amide bonds. The van der Waals surface area contributed by atoms with E-state index in [0.717, 1.165) is 42.9 Å². The van der Waals surface area contributed by atoms with Crippen LogP contribution in [0, 0.1) is 5.92 Å². The zero-order valence-electron chi connectivity index (χ0n) is 21.7. The quantitative estimate of drug-likeness (QED) is 0.437. The third-order valence-electron chi connectivity index (χ3n) is 7.71. The summed E-state index contributed by atoms with van der Waals surface area (Å²) in [5.41, 5.74) is 1.67. The summed E-state index contributed by atoms with van der Waals surface area (Å²) in [6.07, 6.45) is 3.08. The van der Waals surface area contributed by atoms with Gasteiger partial charge in [-0.3, -0.25) is 9.59 Å². The van der Waals surface area contributed by atoms with Gasteiger partial charge in [0.25, 0.3) is 15.9 Å². The number of carbonyl (C=O) groups is 2. The van der Waals surface area contributed by atoms with Crippen molar-refractivity contribution in [2.45, 2.75) is 43.3 Å². The predicted molar refractivity (Wildman–Crippen MR) is 149 cm³/mol. The Morgan fingerprint density at radius 2 is 2.03 bits per heavy atom. The Morgan fingerprint density at radius 3 is 2.82 bits per heavy atom. The van der Waals surface area contributed by atoms with Gasteiger partial charge in [-0.15, -0.1) is 11.3 Å². The molecular weight excluding hydrogens is 560 g/mol. The second kappa shape index (κ2) is 10.5. The molecule has 2 N–H and O–H groups in total. The van der Waals surface area contributed by atoms with Crippen molar-refractivity contribution < 1.29 is 18.0 Å². The smallest absolute Gasteiger partial charge is 0.283 e. The molecule has 208 valence electrons. The number of aromatic amines is 1. The molecule has 0 radical (unpaired) electrons. The maximum atomic E-state index is 13.7. The van der Waals surface area contributed by atoms with Crippen LogP contribution in [0.5, 0.6) is 0 Å². The molecule has 1 saturated carbocycles. The summed E-state index contributed by atoms with van der Waals surface area (Å²) in [5, 5.41) is 4.75. The first kappa shape index (κ1) is 26.7. The molecule has 0 spiro atoms. The molecule has 39 heavy (non-hydrogen) atoms. The summed E-state index contributed by atoms with van der Waals surface area (Å²) in [4.78, 5) is 38.6. The van der Waals surface area contributed by atoms with E-state index in [1.54, 1.807) is 29.2 Å². The summed E-state index contributed by atoms with van der Waals surface area (Å²) >= 11 is 7.52. The third kappa shape index (κ3) is 5.45. The maximum absolute atomic E-state index is 13.7. The molecule has 1 unspecified atom stereocenters. The van der Waals surface area contributed by atoms with Crippen LogP contribution in [0.4, 0.5) is 0 Å². The molecule has 1 saturated heterocycles. The number of amides is 2. The van der Waals surface area contributed by atoms with E-state index in [4.69, 9.17) is 11.6 Å². The van der Waals surface area contributed by atoms with Crippen molar-refractivity contribution in [1.29, 1.82) is 0 Å². The fourth-order valence-electron chi connectivity index (χ4n) is 5.30. The van der Waals surface area contributed by atoms with Gasteiger partial charge in [0, 0.05) is 78.5 Å². The summed E-state index contributed by atoms with van der Waals surface area (Å²) in [7, 11) is -1.79. The minimum atomic E-state index is -3.85. The molecule has 1 atom stereocenters. The molecule has 2 aliphatic heterocycles. The highest BCUT2D eigenvalue weighted by Gasteiger charge is 2.38. The van der Waals surface area contributed by atoms with Crippen LogP contribution in [0.2, 0.25) is 5.02 Å². The molecule has 3 aliphatic rings. The summed E-state index contributed by atoms with van der Waals surface area (Å²) < 4.78 is 28.7. The topological polar surface area (TPSA) is 119 Å². The highest BCUT2D eigenvalue weighted by atomic mass is 35.5. The Balaban J connectivity index is 1.22. The Labute approximate surface area is 236 Å². The lowest BCUT2D eigenvalue weighted by Crippen LogP contribution is -2.57. The number of piperazine rings is 1. The van der Waals surface area contributed by atoms with Gasteiger partial charge in [0.1, 0.15) is 5.03 Å². The molecule has 10 nitrogen and oxygen atoms in total. The number of likely N-dealkylation sites (N-methyl/N-ethyl adjacent to an activating group) is 1. The molecule has 0 bridgehead atoms. The summed E-state index contributed by atoms with van der Waals surface area (Å²) in [5.74, 6) is -0.0595. The summed E-state index contributed by atoms with van der Waals surface area (Å²) in [6, 6.07) is 6.38. The average Bonchev–Trinajstić information content (AvgIpc) is 3.54. The van der Waals surface area contributed by atoms with Crippen LogP contribution in [0.25, 0.3) is 10.9 Å². The fourth-order valence-corrected chi connectivity index (χ4v) is 8.11. The van der Waals surface area contributed by atoms with Gasteiger partial charge in [-0.05, 0) is 50.6 Å². The van der Waals surface area contributed by atoms with Crippen molar-refractivity contribution >= 4 is 55.7 Å². The van der Waals surface area contributed by atoms with E-state index in [1.807, 2.05) is 0 Å². The van der Waals surface area contributed by atoms with Crippen LogP contribution in [0.3, 0.4) is 0 Å². The van der Waals surface area contributed by atoms with Crippen molar-refractivity contribution in [2.75, 3.05) is 39.8 Å². The van der Waals surface area contributed by atoms with E-state index < -0.39 is 16.1 Å².